The van der Waals surface area contributed by atoms with Crippen LogP contribution in [0.25, 0.3) is 0 Å². The predicted molar refractivity (Wildman–Crippen MR) is 68.8 cm³/mol. The van der Waals surface area contributed by atoms with E-state index < -0.39 is 15.8 Å². The number of halogens is 1. The lowest BCUT2D eigenvalue weighted by molar-refractivity contribution is -0.137. The molecular weight excluding hydrogens is 278 g/mol. The molecule has 98 valence electrons. The lowest BCUT2D eigenvalue weighted by Gasteiger charge is -2.02. The minimum atomic E-state index is -3.76. The summed E-state index contributed by atoms with van der Waals surface area (Å²) < 4.78 is 28.3. The minimum absolute atomic E-state index is 0.0759. The van der Waals surface area contributed by atoms with Crippen molar-refractivity contribution >= 4 is 33.1 Å². The number of sulfone groups is 1. The van der Waals surface area contributed by atoms with Crippen LogP contribution in [0.1, 0.15) is 6.92 Å². The molecule has 1 rings (SSSR count). The Morgan fingerprint density at radius 2 is 2.11 bits per heavy atom. The quantitative estimate of drug-likeness (QED) is 0.518. The van der Waals surface area contributed by atoms with Crippen LogP contribution in [0, 0.1) is 0 Å². The van der Waals surface area contributed by atoms with E-state index in [0.717, 1.165) is 11.5 Å². The van der Waals surface area contributed by atoms with Gasteiger partial charge in [0.25, 0.3) is 0 Å². The molecule has 0 atom stereocenters. The van der Waals surface area contributed by atoms with Crippen molar-refractivity contribution in [2.45, 2.75) is 11.8 Å². The number of hydrogen-bond acceptors (Lipinski definition) is 5. The third-order valence-corrected chi connectivity index (χ3v) is 3.50. The fourth-order valence-electron chi connectivity index (χ4n) is 1.16. The van der Waals surface area contributed by atoms with E-state index in [4.69, 9.17) is 17.3 Å². The van der Waals surface area contributed by atoms with E-state index in [1.807, 2.05) is 0 Å². The Labute approximate surface area is 110 Å². The molecule has 0 spiro atoms. The smallest absolute Gasteiger partial charge is 0.331 e. The highest BCUT2D eigenvalue weighted by atomic mass is 35.5. The highest BCUT2D eigenvalue weighted by Gasteiger charge is 2.12. The molecule has 0 bridgehead atoms. The summed E-state index contributed by atoms with van der Waals surface area (Å²) in [6, 6.07) is 3.94. The van der Waals surface area contributed by atoms with Crippen LogP contribution in [0.2, 0.25) is 5.02 Å². The van der Waals surface area contributed by atoms with Gasteiger partial charge in [0, 0.05) is 22.2 Å². The van der Waals surface area contributed by atoms with Gasteiger partial charge in [0.2, 0.25) is 0 Å². The Bertz CT molecular complexity index is 560. The van der Waals surface area contributed by atoms with Crippen molar-refractivity contribution in [2.75, 3.05) is 12.3 Å². The number of nitrogens with two attached hydrogens (primary N) is 1. The monoisotopic (exact) mass is 289 g/mol. The first-order valence-corrected chi connectivity index (χ1v) is 6.93. The van der Waals surface area contributed by atoms with Crippen molar-refractivity contribution in [3.8, 4) is 0 Å². The number of ether oxygens (including phenoxy) is 1. The summed E-state index contributed by atoms with van der Waals surface area (Å²) in [6.07, 6.45) is 0.843. The van der Waals surface area contributed by atoms with E-state index in [0.29, 0.717) is 0 Å². The molecule has 1 aromatic carbocycles. The zero-order valence-corrected chi connectivity index (χ0v) is 11.2. The molecule has 0 aliphatic carbocycles. The van der Waals surface area contributed by atoms with Crippen LogP contribution >= 0.6 is 11.6 Å². The molecule has 0 aromatic heterocycles. The number of carbonyl (C=O) groups excluding carboxylic acids is 1. The van der Waals surface area contributed by atoms with Gasteiger partial charge in [-0.25, -0.2) is 13.2 Å². The molecule has 0 aliphatic rings. The van der Waals surface area contributed by atoms with Crippen LogP contribution in [-0.2, 0) is 19.4 Å². The Balaban J connectivity index is 3.03. The predicted octanol–water partition coefficient (Wildman–Crippen LogP) is 1.77. The molecule has 0 fully saturated rings. The van der Waals surface area contributed by atoms with Gasteiger partial charge in [-0.15, -0.1) is 0 Å². The van der Waals surface area contributed by atoms with Gasteiger partial charge in [-0.1, -0.05) is 11.6 Å². The zero-order chi connectivity index (χ0) is 13.8. The molecule has 5 nitrogen and oxygen atoms in total. The summed E-state index contributed by atoms with van der Waals surface area (Å²) in [5.74, 6) is -0.726. The van der Waals surface area contributed by atoms with E-state index in [1.165, 1.54) is 18.2 Å². The molecule has 0 amide bonds. The van der Waals surface area contributed by atoms with Gasteiger partial charge in [-0.2, -0.15) is 0 Å². The molecule has 0 aliphatic heterocycles. The summed E-state index contributed by atoms with van der Waals surface area (Å²) in [4.78, 5) is 11.0. The number of anilines is 1. The molecule has 1 aromatic rings. The fraction of sp³-hybridized carbons (Fsp3) is 0.182. The van der Waals surface area contributed by atoms with Crippen molar-refractivity contribution in [3.63, 3.8) is 0 Å². The Morgan fingerprint density at radius 1 is 1.44 bits per heavy atom. The standard InChI is InChI=1S/C11H12ClNO4S/c1-2-17-11(14)3-4-18(15,16)10-6-8(12)5-9(13)7-10/h3-7H,2,13H2,1H3. The van der Waals surface area contributed by atoms with Crippen molar-refractivity contribution in [1.82, 2.24) is 0 Å². The van der Waals surface area contributed by atoms with Crippen molar-refractivity contribution in [3.05, 3.63) is 34.7 Å². The SMILES string of the molecule is CCOC(=O)C=CS(=O)(=O)c1cc(N)cc(Cl)c1. The molecule has 18 heavy (non-hydrogen) atoms. The number of carbonyl (C=O) groups is 1. The molecule has 0 radical (unpaired) electrons. The molecule has 0 saturated heterocycles. The van der Waals surface area contributed by atoms with Crippen molar-refractivity contribution in [1.29, 1.82) is 0 Å². The first-order valence-electron chi connectivity index (χ1n) is 5.01. The van der Waals surface area contributed by atoms with Gasteiger partial charge in [-0.05, 0) is 25.1 Å². The van der Waals surface area contributed by atoms with Crippen LogP contribution in [0.4, 0.5) is 5.69 Å². The number of esters is 1. The number of nitrogen functional groups attached to an aromatic ring is 1. The van der Waals surface area contributed by atoms with Crippen LogP contribution < -0.4 is 5.73 Å². The highest BCUT2D eigenvalue weighted by molar-refractivity contribution is 7.94. The Hall–Kier alpha value is -1.53. The second-order valence-electron chi connectivity index (χ2n) is 3.32. The van der Waals surface area contributed by atoms with Gasteiger partial charge in [0.1, 0.15) is 0 Å². The fourth-order valence-corrected chi connectivity index (χ4v) is 2.51. The second kappa shape index (κ2) is 5.88. The van der Waals surface area contributed by atoms with Crippen molar-refractivity contribution in [2.24, 2.45) is 0 Å². The lowest BCUT2D eigenvalue weighted by atomic mass is 10.3. The normalized spacial score (nSPS) is 11.7. The molecule has 7 heteroatoms. The molecule has 2 N–H and O–H groups in total. The molecular formula is C11H12ClNO4S. The van der Waals surface area contributed by atoms with Gasteiger partial charge in [-0.3, -0.25) is 0 Å². The van der Waals surface area contributed by atoms with Gasteiger partial charge in [0.15, 0.2) is 9.84 Å². The van der Waals surface area contributed by atoms with Gasteiger partial charge < -0.3 is 10.5 Å². The number of hydrogen-bond donors (Lipinski definition) is 1. The van der Waals surface area contributed by atoms with Crippen LogP contribution in [-0.4, -0.2) is 21.0 Å². The Morgan fingerprint density at radius 3 is 2.67 bits per heavy atom. The summed E-state index contributed by atoms with van der Waals surface area (Å²) >= 11 is 5.71. The van der Waals surface area contributed by atoms with Crippen LogP contribution in [0.3, 0.4) is 0 Å². The Kier molecular flexibility index (Phi) is 4.75. The van der Waals surface area contributed by atoms with Gasteiger partial charge in [0.05, 0.1) is 11.5 Å². The molecule has 0 unspecified atom stereocenters. The molecule has 0 heterocycles. The zero-order valence-electron chi connectivity index (χ0n) is 9.59. The third-order valence-electron chi connectivity index (χ3n) is 1.89. The van der Waals surface area contributed by atoms with E-state index in [-0.39, 0.29) is 22.2 Å². The average Bonchev–Trinajstić information content (AvgIpc) is 2.26. The van der Waals surface area contributed by atoms with E-state index in [9.17, 15) is 13.2 Å². The molecule has 0 saturated carbocycles. The van der Waals surface area contributed by atoms with Crippen LogP contribution in [0.15, 0.2) is 34.6 Å². The van der Waals surface area contributed by atoms with Gasteiger partial charge >= 0.3 is 5.97 Å². The van der Waals surface area contributed by atoms with E-state index in [2.05, 4.69) is 4.74 Å². The first kappa shape index (κ1) is 14.5. The van der Waals surface area contributed by atoms with Crippen LogP contribution in [0.5, 0.6) is 0 Å². The number of rotatable bonds is 4. The average molecular weight is 290 g/mol. The lowest BCUT2D eigenvalue weighted by Crippen LogP contribution is -2.02. The summed E-state index contributed by atoms with van der Waals surface area (Å²) in [6.45, 7) is 1.80. The largest absolute Gasteiger partial charge is 0.463 e. The summed E-state index contributed by atoms with van der Waals surface area (Å²) in [5.41, 5.74) is 5.72. The minimum Gasteiger partial charge on any atom is -0.463 e. The summed E-state index contributed by atoms with van der Waals surface area (Å²) in [7, 11) is -3.76. The summed E-state index contributed by atoms with van der Waals surface area (Å²) in [5, 5.41) is 0.967. The maximum Gasteiger partial charge on any atom is 0.331 e. The first-order chi connectivity index (χ1) is 8.35. The van der Waals surface area contributed by atoms with E-state index >= 15 is 0 Å². The second-order valence-corrected chi connectivity index (χ2v) is 5.59. The topological polar surface area (TPSA) is 86.5 Å². The van der Waals surface area contributed by atoms with E-state index in [1.54, 1.807) is 6.92 Å². The highest BCUT2D eigenvalue weighted by Crippen LogP contribution is 2.21. The van der Waals surface area contributed by atoms with Crippen molar-refractivity contribution < 1.29 is 17.9 Å². The number of benzene rings is 1. The maximum absolute atomic E-state index is 11.8. The maximum atomic E-state index is 11.8. The third kappa shape index (κ3) is 4.05.